The van der Waals surface area contributed by atoms with Crippen molar-refractivity contribution in [1.82, 2.24) is 0 Å². The number of fused-ring (bicyclic) bond motifs is 1. The number of ketones is 1. The van der Waals surface area contributed by atoms with Crippen LogP contribution in [-0.2, 0) is 0 Å². The van der Waals surface area contributed by atoms with Crippen molar-refractivity contribution in [2.24, 2.45) is 0 Å². The molecule has 5 rings (SSSR count). The molecule has 1 heterocycles. The molecule has 7 heteroatoms. The molecular formula is C31H22N2O5. The zero-order valence-electron chi connectivity index (χ0n) is 20.4. The fourth-order valence-electron chi connectivity index (χ4n) is 4.08. The van der Waals surface area contributed by atoms with E-state index >= 15 is 0 Å². The number of benzene rings is 4. The molecule has 1 aromatic heterocycles. The van der Waals surface area contributed by atoms with E-state index in [9.17, 15) is 19.2 Å². The molecule has 0 fully saturated rings. The Morgan fingerprint density at radius 1 is 0.658 bits per heavy atom. The summed E-state index contributed by atoms with van der Waals surface area (Å²) in [5, 5.41) is 5.83. The molecule has 0 atom stereocenters. The SMILES string of the molecule is Cc1ccc(NC(=O)c2ccccc2NC(=O)c2cc(=O)c3ccccc3o2)c(C(=O)c2ccccc2)c1. The van der Waals surface area contributed by atoms with Crippen molar-refractivity contribution in [2.45, 2.75) is 6.92 Å². The van der Waals surface area contributed by atoms with E-state index in [0.717, 1.165) is 11.6 Å². The Hall–Kier alpha value is -5.30. The number of amides is 2. The van der Waals surface area contributed by atoms with Gasteiger partial charge >= 0.3 is 0 Å². The van der Waals surface area contributed by atoms with Crippen LogP contribution >= 0.6 is 0 Å². The summed E-state index contributed by atoms with van der Waals surface area (Å²) in [4.78, 5) is 51.9. The standard InChI is InChI=1S/C31H22N2O5/c1-19-15-16-25(23(17-19)29(35)20-9-3-2-4-10-20)32-30(36)21-11-5-7-13-24(21)33-31(37)28-18-26(34)22-12-6-8-14-27(22)38-28/h2-18H,1H3,(H,32,36)(H,33,37). The Morgan fingerprint density at radius 3 is 2.13 bits per heavy atom. The molecule has 5 aromatic rings. The van der Waals surface area contributed by atoms with E-state index in [4.69, 9.17) is 4.42 Å². The highest BCUT2D eigenvalue weighted by Gasteiger charge is 2.20. The number of nitrogens with one attached hydrogen (secondary N) is 2. The van der Waals surface area contributed by atoms with E-state index in [2.05, 4.69) is 10.6 Å². The molecule has 2 N–H and O–H groups in total. The maximum absolute atomic E-state index is 13.3. The Morgan fingerprint density at radius 2 is 1.32 bits per heavy atom. The molecule has 186 valence electrons. The number of carbonyl (C=O) groups is 3. The second kappa shape index (κ2) is 10.4. The molecule has 0 aliphatic heterocycles. The third-order valence-electron chi connectivity index (χ3n) is 5.98. The fourth-order valence-corrected chi connectivity index (χ4v) is 4.08. The minimum absolute atomic E-state index is 0.169. The molecule has 0 saturated heterocycles. The van der Waals surface area contributed by atoms with Crippen LogP contribution in [0.25, 0.3) is 11.0 Å². The van der Waals surface area contributed by atoms with Gasteiger partial charge in [0.25, 0.3) is 11.8 Å². The number of rotatable bonds is 6. The van der Waals surface area contributed by atoms with E-state index in [1.54, 1.807) is 91.0 Å². The van der Waals surface area contributed by atoms with Gasteiger partial charge in [0.05, 0.1) is 22.3 Å². The predicted molar refractivity (Wildman–Crippen MR) is 146 cm³/mol. The van der Waals surface area contributed by atoms with Crippen molar-refractivity contribution in [3.63, 3.8) is 0 Å². The van der Waals surface area contributed by atoms with Gasteiger partial charge in [0, 0.05) is 17.2 Å². The lowest BCUT2D eigenvalue weighted by Gasteiger charge is -2.14. The quantitative estimate of drug-likeness (QED) is 0.284. The van der Waals surface area contributed by atoms with Crippen LogP contribution in [0.1, 0.15) is 42.4 Å². The molecule has 4 aromatic carbocycles. The summed E-state index contributed by atoms with van der Waals surface area (Å²) < 4.78 is 5.62. The van der Waals surface area contributed by atoms with Crippen LogP contribution in [0.4, 0.5) is 11.4 Å². The highest BCUT2D eigenvalue weighted by atomic mass is 16.3. The second-order valence-corrected chi connectivity index (χ2v) is 8.67. The summed E-state index contributed by atoms with van der Waals surface area (Å²) in [5.74, 6) is -1.61. The molecule has 0 bridgehead atoms. The number of hydrogen-bond acceptors (Lipinski definition) is 5. The van der Waals surface area contributed by atoms with Gasteiger partial charge in [-0.2, -0.15) is 0 Å². The van der Waals surface area contributed by atoms with E-state index in [-0.39, 0.29) is 33.8 Å². The minimum atomic E-state index is -0.677. The van der Waals surface area contributed by atoms with Gasteiger partial charge in [0.1, 0.15) is 5.58 Å². The Balaban J connectivity index is 1.42. The number of hydrogen-bond donors (Lipinski definition) is 2. The van der Waals surface area contributed by atoms with Crippen LogP contribution in [0.3, 0.4) is 0 Å². The average Bonchev–Trinajstić information content (AvgIpc) is 2.94. The first-order valence-corrected chi connectivity index (χ1v) is 11.9. The number of aryl methyl sites for hydroxylation is 1. The van der Waals surface area contributed by atoms with Crippen molar-refractivity contribution in [2.75, 3.05) is 10.6 Å². The van der Waals surface area contributed by atoms with Gasteiger partial charge in [-0.25, -0.2) is 0 Å². The molecule has 0 unspecified atom stereocenters. The molecule has 2 amide bonds. The lowest BCUT2D eigenvalue weighted by Crippen LogP contribution is -2.20. The average molecular weight is 503 g/mol. The highest BCUT2D eigenvalue weighted by Crippen LogP contribution is 2.24. The molecule has 0 aliphatic carbocycles. The summed E-state index contributed by atoms with van der Waals surface area (Å²) in [5.41, 5.74) is 2.38. The molecule has 38 heavy (non-hydrogen) atoms. The number of carbonyl (C=O) groups excluding carboxylic acids is 3. The van der Waals surface area contributed by atoms with Crippen LogP contribution in [0, 0.1) is 6.92 Å². The molecular weight excluding hydrogens is 480 g/mol. The van der Waals surface area contributed by atoms with Crippen molar-refractivity contribution in [3.8, 4) is 0 Å². The van der Waals surface area contributed by atoms with E-state index in [0.29, 0.717) is 22.2 Å². The first-order chi connectivity index (χ1) is 18.4. The van der Waals surface area contributed by atoms with Crippen LogP contribution in [-0.4, -0.2) is 17.6 Å². The summed E-state index contributed by atoms with van der Waals surface area (Å²) >= 11 is 0. The topological polar surface area (TPSA) is 105 Å². The molecule has 0 spiro atoms. The summed E-state index contributed by atoms with van der Waals surface area (Å²) in [6, 6.07) is 28.2. The normalized spacial score (nSPS) is 10.7. The van der Waals surface area contributed by atoms with E-state index in [1.165, 1.54) is 0 Å². The van der Waals surface area contributed by atoms with Crippen LogP contribution in [0.5, 0.6) is 0 Å². The summed E-state index contributed by atoms with van der Waals surface area (Å²) in [6.07, 6.45) is 0. The Bertz CT molecular complexity index is 1760. The third kappa shape index (κ3) is 4.99. The van der Waals surface area contributed by atoms with Crippen molar-refractivity contribution in [1.29, 1.82) is 0 Å². The van der Waals surface area contributed by atoms with Gasteiger partial charge < -0.3 is 15.1 Å². The zero-order chi connectivity index (χ0) is 26.6. The number of para-hydroxylation sites is 2. The van der Waals surface area contributed by atoms with Crippen molar-refractivity contribution < 1.29 is 18.8 Å². The molecule has 7 nitrogen and oxygen atoms in total. The van der Waals surface area contributed by atoms with Crippen LogP contribution < -0.4 is 16.1 Å². The van der Waals surface area contributed by atoms with Crippen LogP contribution in [0.2, 0.25) is 0 Å². The van der Waals surface area contributed by atoms with Gasteiger partial charge in [-0.05, 0) is 43.3 Å². The van der Waals surface area contributed by atoms with Gasteiger partial charge in [-0.15, -0.1) is 0 Å². The van der Waals surface area contributed by atoms with Crippen molar-refractivity contribution >= 4 is 39.9 Å². The highest BCUT2D eigenvalue weighted by molar-refractivity contribution is 6.17. The Labute approximate surface area is 217 Å². The van der Waals surface area contributed by atoms with Gasteiger partial charge in [-0.3, -0.25) is 19.2 Å². The first kappa shape index (κ1) is 24.4. The maximum atomic E-state index is 13.3. The molecule has 0 radical (unpaired) electrons. The predicted octanol–water partition coefficient (Wildman–Crippen LogP) is 5.84. The van der Waals surface area contributed by atoms with E-state index in [1.807, 2.05) is 13.0 Å². The molecule has 0 saturated carbocycles. The monoisotopic (exact) mass is 502 g/mol. The van der Waals surface area contributed by atoms with Gasteiger partial charge in [-0.1, -0.05) is 66.2 Å². The van der Waals surface area contributed by atoms with Crippen LogP contribution in [0.15, 0.2) is 112 Å². The second-order valence-electron chi connectivity index (χ2n) is 8.67. The van der Waals surface area contributed by atoms with Crippen molar-refractivity contribution in [3.05, 3.63) is 141 Å². The van der Waals surface area contributed by atoms with E-state index < -0.39 is 11.8 Å². The zero-order valence-corrected chi connectivity index (χ0v) is 20.4. The smallest absolute Gasteiger partial charge is 0.291 e. The fraction of sp³-hybridized carbons (Fsp3) is 0.0323. The largest absolute Gasteiger partial charge is 0.451 e. The summed E-state index contributed by atoms with van der Waals surface area (Å²) in [7, 11) is 0. The molecule has 0 aliphatic rings. The third-order valence-corrected chi connectivity index (χ3v) is 5.98. The van der Waals surface area contributed by atoms with Gasteiger partial charge in [0.15, 0.2) is 17.0 Å². The summed E-state index contributed by atoms with van der Waals surface area (Å²) in [6.45, 7) is 1.86. The number of anilines is 2. The lowest BCUT2D eigenvalue weighted by molar-refractivity contribution is 0.0995. The van der Waals surface area contributed by atoms with Gasteiger partial charge in [0.2, 0.25) is 0 Å². The Kier molecular flexibility index (Phi) is 6.65. The maximum Gasteiger partial charge on any atom is 0.291 e. The lowest BCUT2D eigenvalue weighted by atomic mass is 9.99. The first-order valence-electron chi connectivity index (χ1n) is 11.9. The minimum Gasteiger partial charge on any atom is -0.451 e.